The summed E-state index contributed by atoms with van der Waals surface area (Å²) in [5.41, 5.74) is 0.191. The highest BCUT2D eigenvalue weighted by atomic mass is 127. The maximum absolute atomic E-state index is 6.07. The minimum Gasteiger partial charge on any atom is -0.377 e. The lowest BCUT2D eigenvalue weighted by molar-refractivity contribution is -0.0835. The number of aliphatic imine (C=N–C) groups is 1. The molecular weight excluding hydrogens is 415 g/mol. The van der Waals surface area contributed by atoms with E-state index in [9.17, 15) is 0 Å². The van der Waals surface area contributed by atoms with Crippen molar-refractivity contribution in [1.82, 2.24) is 15.5 Å². The lowest BCUT2D eigenvalue weighted by Gasteiger charge is -2.40. The molecule has 0 aliphatic carbocycles. The Bertz CT molecular complexity index is 397. The topological polar surface area (TPSA) is 48.9 Å². The minimum absolute atomic E-state index is 0. The van der Waals surface area contributed by atoms with Gasteiger partial charge in [-0.05, 0) is 44.7 Å². The van der Waals surface area contributed by atoms with Gasteiger partial charge in [0.05, 0.1) is 6.10 Å². The van der Waals surface area contributed by atoms with Gasteiger partial charge in [0.2, 0.25) is 0 Å². The Morgan fingerprint density at radius 1 is 1.17 bits per heavy atom. The van der Waals surface area contributed by atoms with Crippen LogP contribution < -0.4 is 10.6 Å². The molecule has 0 bridgehead atoms. The molecule has 0 saturated carbocycles. The summed E-state index contributed by atoms with van der Waals surface area (Å²) in [5, 5.41) is 7.01. The van der Waals surface area contributed by atoms with E-state index in [2.05, 4.69) is 48.3 Å². The Morgan fingerprint density at radius 3 is 2.46 bits per heavy atom. The van der Waals surface area contributed by atoms with Gasteiger partial charge in [0.15, 0.2) is 5.96 Å². The van der Waals surface area contributed by atoms with Crippen LogP contribution in [0.2, 0.25) is 0 Å². The van der Waals surface area contributed by atoms with E-state index in [-0.39, 0.29) is 29.4 Å². The Labute approximate surface area is 165 Å². The molecule has 2 heterocycles. The molecule has 0 aromatic rings. The van der Waals surface area contributed by atoms with Crippen molar-refractivity contribution in [2.75, 3.05) is 40.3 Å². The van der Waals surface area contributed by atoms with E-state index in [4.69, 9.17) is 4.74 Å². The number of halogens is 1. The predicted molar refractivity (Wildman–Crippen MR) is 112 cm³/mol. The van der Waals surface area contributed by atoms with Gasteiger partial charge in [-0.25, -0.2) is 0 Å². The maximum Gasteiger partial charge on any atom is 0.191 e. The monoisotopic (exact) mass is 452 g/mol. The summed E-state index contributed by atoms with van der Waals surface area (Å²) in [6, 6.07) is 0.633. The average molecular weight is 452 g/mol. The van der Waals surface area contributed by atoms with E-state index < -0.39 is 0 Å². The van der Waals surface area contributed by atoms with Crippen molar-refractivity contribution in [1.29, 1.82) is 0 Å². The van der Waals surface area contributed by atoms with Gasteiger partial charge in [-0.1, -0.05) is 20.8 Å². The van der Waals surface area contributed by atoms with Crippen molar-refractivity contribution in [2.45, 2.75) is 58.6 Å². The molecule has 2 saturated heterocycles. The number of guanidine groups is 1. The van der Waals surface area contributed by atoms with Crippen molar-refractivity contribution in [3.8, 4) is 0 Å². The zero-order valence-electron chi connectivity index (χ0n) is 16.1. The summed E-state index contributed by atoms with van der Waals surface area (Å²) in [4.78, 5) is 6.82. The lowest BCUT2D eigenvalue weighted by atomic mass is 9.78. The van der Waals surface area contributed by atoms with Gasteiger partial charge in [-0.3, -0.25) is 4.99 Å². The summed E-state index contributed by atoms with van der Waals surface area (Å²) in [6.07, 6.45) is 5.31. The number of nitrogens with zero attached hydrogens (tertiary/aromatic N) is 2. The highest BCUT2D eigenvalue weighted by molar-refractivity contribution is 14.0. The molecule has 2 N–H and O–H groups in total. The molecule has 5 nitrogen and oxygen atoms in total. The molecule has 0 aromatic carbocycles. The summed E-state index contributed by atoms with van der Waals surface area (Å²) >= 11 is 0. The molecule has 24 heavy (non-hydrogen) atoms. The van der Waals surface area contributed by atoms with Crippen LogP contribution in [0.1, 0.15) is 46.5 Å². The molecule has 0 radical (unpaired) electrons. The summed E-state index contributed by atoms with van der Waals surface area (Å²) < 4.78 is 6.07. The molecular formula is C18H37IN4O. The Morgan fingerprint density at radius 2 is 1.88 bits per heavy atom. The fraction of sp³-hybridized carbons (Fsp3) is 0.944. The molecule has 2 aliphatic rings. The van der Waals surface area contributed by atoms with Crippen molar-refractivity contribution >= 4 is 29.9 Å². The smallest absolute Gasteiger partial charge is 0.191 e. The molecule has 2 fully saturated rings. The molecule has 2 aliphatic heterocycles. The third-order valence-electron chi connectivity index (χ3n) is 5.23. The number of likely N-dealkylation sites (tertiary alicyclic amines) is 1. The largest absolute Gasteiger partial charge is 0.377 e. The van der Waals surface area contributed by atoms with Gasteiger partial charge in [-0.2, -0.15) is 0 Å². The van der Waals surface area contributed by atoms with Crippen LogP contribution >= 0.6 is 24.0 Å². The number of likely N-dealkylation sites (N-methyl/N-ethyl adjacent to an activating group) is 1. The standard InChI is InChI=1S/C18H36N4O.HI/c1-18(2,3)16-14(8-7-11-23-16)12-20-17(19-4)21-13-15-9-6-10-22(15)5;/h14-16H,6-13H2,1-5H3,(H2,19,20,21);1H. The van der Waals surface area contributed by atoms with Gasteiger partial charge in [-0.15, -0.1) is 24.0 Å². The first-order valence-electron chi connectivity index (χ1n) is 9.18. The van der Waals surface area contributed by atoms with Crippen molar-refractivity contribution in [3.63, 3.8) is 0 Å². The van der Waals surface area contributed by atoms with E-state index in [1.54, 1.807) is 0 Å². The second-order valence-electron chi connectivity index (χ2n) is 8.17. The number of hydrogen-bond donors (Lipinski definition) is 2. The van der Waals surface area contributed by atoms with E-state index >= 15 is 0 Å². The van der Waals surface area contributed by atoms with Crippen LogP contribution in [0.5, 0.6) is 0 Å². The van der Waals surface area contributed by atoms with Gasteiger partial charge in [0.25, 0.3) is 0 Å². The van der Waals surface area contributed by atoms with Crippen LogP contribution in [0.15, 0.2) is 4.99 Å². The number of hydrogen-bond acceptors (Lipinski definition) is 3. The summed E-state index contributed by atoms with van der Waals surface area (Å²) in [7, 11) is 4.06. The highest BCUT2D eigenvalue weighted by Crippen LogP contribution is 2.33. The van der Waals surface area contributed by atoms with Crippen molar-refractivity contribution in [2.24, 2.45) is 16.3 Å². The van der Waals surface area contributed by atoms with Gasteiger partial charge < -0.3 is 20.3 Å². The Balaban J connectivity index is 0.00000288. The molecule has 0 aromatic heterocycles. The predicted octanol–water partition coefficient (Wildman–Crippen LogP) is 2.70. The van der Waals surface area contributed by atoms with E-state index in [1.165, 1.54) is 25.8 Å². The third-order valence-corrected chi connectivity index (χ3v) is 5.23. The van der Waals surface area contributed by atoms with Crippen LogP contribution in [0.4, 0.5) is 0 Å². The minimum atomic E-state index is 0. The third kappa shape index (κ3) is 6.33. The van der Waals surface area contributed by atoms with Crippen molar-refractivity contribution in [3.05, 3.63) is 0 Å². The average Bonchev–Trinajstić information content (AvgIpc) is 2.92. The van der Waals surface area contributed by atoms with Crippen molar-refractivity contribution < 1.29 is 4.74 Å². The SMILES string of the molecule is CN=C(NCC1CCCOC1C(C)(C)C)NCC1CCCN1C.I. The quantitative estimate of drug-likeness (QED) is 0.391. The van der Waals surface area contributed by atoms with Crippen LogP contribution in [0, 0.1) is 11.3 Å². The molecule has 0 amide bonds. The van der Waals surface area contributed by atoms with Gasteiger partial charge in [0.1, 0.15) is 0 Å². The van der Waals surface area contributed by atoms with Crippen LogP contribution in [0.25, 0.3) is 0 Å². The van der Waals surface area contributed by atoms with Crippen LogP contribution in [-0.4, -0.2) is 63.3 Å². The summed E-state index contributed by atoms with van der Waals surface area (Å²) in [6.45, 7) is 10.9. The molecule has 3 unspecified atom stereocenters. The zero-order valence-corrected chi connectivity index (χ0v) is 18.4. The molecule has 142 valence electrons. The molecule has 2 rings (SSSR count). The van der Waals surface area contributed by atoms with E-state index in [0.29, 0.717) is 18.1 Å². The van der Waals surface area contributed by atoms with Crippen LogP contribution in [0.3, 0.4) is 0 Å². The van der Waals surface area contributed by atoms with Gasteiger partial charge in [0, 0.05) is 38.7 Å². The fourth-order valence-corrected chi connectivity index (χ4v) is 3.91. The Kier molecular flexibility index (Phi) is 9.30. The number of rotatable bonds is 4. The van der Waals surface area contributed by atoms with E-state index in [0.717, 1.165) is 32.1 Å². The summed E-state index contributed by atoms with van der Waals surface area (Å²) in [5.74, 6) is 1.47. The second kappa shape index (κ2) is 10.2. The molecule has 0 spiro atoms. The van der Waals surface area contributed by atoms with Crippen LogP contribution in [-0.2, 0) is 4.74 Å². The molecule has 3 atom stereocenters. The maximum atomic E-state index is 6.07. The normalized spacial score (nSPS) is 29.2. The fourth-order valence-electron chi connectivity index (χ4n) is 3.91. The first-order chi connectivity index (χ1) is 10.9. The van der Waals surface area contributed by atoms with E-state index in [1.807, 2.05) is 7.05 Å². The number of ether oxygens (including phenoxy) is 1. The first-order valence-corrected chi connectivity index (χ1v) is 9.18. The number of nitrogens with one attached hydrogen (secondary N) is 2. The first kappa shape index (κ1) is 22.0. The highest BCUT2D eigenvalue weighted by Gasteiger charge is 2.35. The molecule has 6 heteroatoms. The lowest BCUT2D eigenvalue weighted by Crippen LogP contribution is -2.49. The zero-order chi connectivity index (χ0) is 16.9. The van der Waals surface area contributed by atoms with Gasteiger partial charge >= 0.3 is 0 Å². The Hall–Kier alpha value is -0.0800. The second-order valence-corrected chi connectivity index (χ2v) is 8.17.